The first-order valence-corrected chi connectivity index (χ1v) is 10.9. The number of anilines is 1. The van der Waals surface area contributed by atoms with E-state index in [2.05, 4.69) is 20.6 Å². The van der Waals surface area contributed by atoms with Gasteiger partial charge in [0.25, 0.3) is 5.56 Å². The Kier molecular flexibility index (Phi) is 7.00. The number of fused-ring (bicyclic) bond motifs is 1. The Morgan fingerprint density at radius 2 is 1.78 bits per heavy atom. The van der Waals surface area contributed by atoms with Gasteiger partial charge in [-0.05, 0) is 54.1 Å². The summed E-state index contributed by atoms with van der Waals surface area (Å²) in [4.78, 5) is 33.5. The minimum Gasteiger partial charge on any atom is -0.366 e. The Labute approximate surface area is 202 Å². The van der Waals surface area contributed by atoms with Crippen molar-refractivity contribution in [1.29, 1.82) is 0 Å². The van der Waals surface area contributed by atoms with E-state index >= 15 is 0 Å². The highest BCUT2D eigenvalue weighted by atomic mass is 19.4. The molecule has 7 nitrogen and oxygen atoms in total. The second-order valence-corrected chi connectivity index (χ2v) is 8.00. The minimum absolute atomic E-state index is 0.0691. The van der Waals surface area contributed by atoms with Crippen molar-refractivity contribution in [3.63, 3.8) is 0 Å². The van der Waals surface area contributed by atoms with Gasteiger partial charge in [-0.1, -0.05) is 12.1 Å². The Hall–Kier alpha value is -4.28. The van der Waals surface area contributed by atoms with Gasteiger partial charge in [0.05, 0.1) is 5.56 Å². The molecular weight excluding hydrogens is 478 g/mol. The van der Waals surface area contributed by atoms with Gasteiger partial charge in [0.2, 0.25) is 5.91 Å². The number of aromatic nitrogens is 3. The molecule has 2 aromatic heterocycles. The summed E-state index contributed by atoms with van der Waals surface area (Å²) < 4.78 is 53.7. The second kappa shape index (κ2) is 10.1. The van der Waals surface area contributed by atoms with E-state index in [1.807, 2.05) is 0 Å². The summed E-state index contributed by atoms with van der Waals surface area (Å²) in [6.45, 7) is 1.67. The molecule has 0 saturated carbocycles. The molecule has 2 aromatic carbocycles. The van der Waals surface area contributed by atoms with Gasteiger partial charge in [0.15, 0.2) is 5.65 Å². The third-order valence-electron chi connectivity index (χ3n) is 5.35. The average molecular weight is 499 g/mol. The van der Waals surface area contributed by atoms with Crippen LogP contribution in [-0.2, 0) is 24.1 Å². The lowest BCUT2D eigenvalue weighted by Crippen LogP contribution is -2.31. The molecule has 11 heteroatoms. The molecule has 0 bridgehead atoms. The fourth-order valence-corrected chi connectivity index (χ4v) is 3.61. The van der Waals surface area contributed by atoms with E-state index in [9.17, 15) is 27.2 Å². The van der Waals surface area contributed by atoms with Crippen LogP contribution in [-0.4, -0.2) is 27.0 Å². The van der Waals surface area contributed by atoms with Crippen molar-refractivity contribution in [2.75, 3.05) is 11.9 Å². The average Bonchev–Trinajstić information content (AvgIpc) is 2.84. The lowest BCUT2D eigenvalue weighted by Gasteiger charge is -2.14. The number of amides is 1. The summed E-state index contributed by atoms with van der Waals surface area (Å²) in [5, 5.41) is 5.60. The predicted molar refractivity (Wildman–Crippen MR) is 127 cm³/mol. The number of benzene rings is 2. The number of nitrogens with one attached hydrogen (secondary N) is 2. The van der Waals surface area contributed by atoms with Gasteiger partial charge in [-0.15, -0.1) is 0 Å². The molecule has 0 saturated heterocycles. The summed E-state index contributed by atoms with van der Waals surface area (Å²) in [5.74, 6) is -0.399. The SMILES string of the molecule is CC(=O)NCCn1c(=O)c(-c2ccc(F)cc2)nc2ccc(NCc3cccc(C(F)(F)F)c3)nc21. The molecular formula is C25H21F4N5O2. The van der Waals surface area contributed by atoms with Gasteiger partial charge < -0.3 is 10.6 Å². The van der Waals surface area contributed by atoms with Crippen molar-refractivity contribution in [2.24, 2.45) is 0 Å². The highest BCUT2D eigenvalue weighted by Crippen LogP contribution is 2.29. The van der Waals surface area contributed by atoms with E-state index < -0.39 is 23.1 Å². The van der Waals surface area contributed by atoms with Crippen LogP contribution in [0, 0.1) is 5.82 Å². The van der Waals surface area contributed by atoms with E-state index in [0.29, 0.717) is 22.5 Å². The van der Waals surface area contributed by atoms with Crippen LogP contribution in [0.3, 0.4) is 0 Å². The number of carbonyl (C=O) groups is 1. The summed E-state index contributed by atoms with van der Waals surface area (Å²) >= 11 is 0. The minimum atomic E-state index is -4.45. The van der Waals surface area contributed by atoms with Gasteiger partial charge in [-0.2, -0.15) is 13.2 Å². The second-order valence-electron chi connectivity index (χ2n) is 8.00. The molecule has 2 heterocycles. The number of rotatable bonds is 7. The van der Waals surface area contributed by atoms with E-state index in [1.165, 1.54) is 41.8 Å². The molecule has 0 radical (unpaired) electrons. The molecule has 36 heavy (non-hydrogen) atoms. The molecule has 0 spiro atoms. The van der Waals surface area contributed by atoms with Crippen LogP contribution in [0.15, 0.2) is 65.5 Å². The summed E-state index contributed by atoms with van der Waals surface area (Å²) in [6.07, 6.45) is -4.45. The summed E-state index contributed by atoms with van der Waals surface area (Å²) in [6, 6.07) is 13.5. The molecule has 0 aliphatic heterocycles. The third kappa shape index (κ3) is 5.68. The zero-order valence-electron chi connectivity index (χ0n) is 19.1. The molecule has 0 fully saturated rings. The number of nitrogens with zero attached hydrogens (tertiary/aromatic N) is 3. The lowest BCUT2D eigenvalue weighted by atomic mass is 10.1. The monoisotopic (exact) mass is 499 g/mol. The first-order valence-electron chi connectivity index (χ1n) is 10.9. The van der Waals surface area contributed by atoms with Crippen LogP contribution in [0.2, 0.25) is 0 Å². The number of carbonyl (C=O) groups excluding carboxylic acids is 1. The molecule has 0 aliphatic carbocycles. The van der Waals surface area contributed by atoms with Gasteiger partial charge in [-0.25, -0.2) is 14.4 Å². The van der Waals surface area contributed by atoms with Crippen molar-refractivity contribution in [3.05, 3.63) is 88.0 Å². The van der Waals surface area contributed by atoms with Crippen LogP contribution in [0.25, 0.3) is 22.4 Å². The largest absolute Gasteiger partial charge is 0.416 e. The number of pyridine rings is 1. The molecule has 4 rings (SSSR count). The summed E-state index contributed by atoms with van der Waals surface area (Å²) in [5.41, 5.74) is 0.283. The topological polar surface area (TPSA) is 88.9 Å². The van der Waals surface area contributed by atoms with Gasteiger partial charge in [-0.3, -0.25) is 14.2 Å². The highest BCUT2D eigenvalue weighted by molar-refractivity contribution is 5.76. The van der Waals surface area contributed by atoms with Gasteiger partial charge in [0, 0.05) is 32.1 Å². The number of hydrogen-bond acceptors (Lipinski definition) is 5. The zero-order valence-corrected chi connectivity index (χ0v) is 19.1. The van der Waals surface area contributed by atoms with Crippen LogP contribution in [0.5, 0.6) is 0 Å². The number of hydrogen-bond donors (Lipinski definition) is 2. The maximum atomic E-state index is 13.4. The summed E-state index contributed by atoms with van der Waals surface area (Å²) in [7, 11) is 0. The van der Waals surface area contributed by atoms with Crippen molar-refractivity contribution in [2.45, 2.75) is 26.2 Å². The highest BCUT2D eigenvalue weighted by Gasteiger charge is 2.30. The predicted octanol–water partition coefficient (Wildman–Crippen LogP) is 4.36. The number of halogens is 4. The fraction of sp³-hybridized carbons (Fsp3) is 0.200. The fourth-order valence-electron chi connectivity index (χ4n) is 3.61. The van der Waals surface area contributed by atoms with Crippen LogP contribution in [0.4, 0.5) is 23.4 Å². The van der Waals surface area contributed by atoms with E-state index in [4.69, 9.17) is 0 Å². The molecule has 1 amide bonds. The third-order valence-corrected chi connectivity index (χ3v) is 5.35. The Bertz CT molecular complexity index is 1470. The van der Waals surface area contributed by atoms with Gasteiger partial charge >= 0.3 is 6.18 Å². The van der Waals surface area contributed by atoms with Crippen molar-refractivity contribution < 1.29 is 22.4 Å². The van der Waals surface area contributed by atoms with E-state index in [0.717, 1.165) is 12.1 Å². The molecule has 0 unspecified atom stereocenters. The maximum Gasteiger partial charge on any atom is 0.416 e. The Morgan fingerprint density at radius 3 is 2.47 bits per heavy atom. The van der Waals surface area contributed by atoms with Crippen LogP contribution < -0.4 is 16.2 Å². The molecule has 0 aliphatic rings. The lowest BCUT2D eigenvalue weighted by molar-refractivity contribution is -0.137. The van der Waals surface area contributed by atoms with E-state index in [1.54, 1.807) is 18.2 Å². The van der Waals surface area contributed by atoms with Crippen LogP contribution >= 0.6 is 0 Å². The standard InChI is InChI=1S/C25H21F4N5O2/c1-15(35)30-11-12-34-23-20(32-22(24(34)36)17-5-7-19(26)8-6-17)9-10-21(33-23)31-14-16-3-2-4-18(13-16)25(27,28)29/h2-10,13H,11-12,14H2,1H3,(H,30,35)(H,31,33). The Balaban J connectivity index is 1.69. The maximum absolute atomic E-state index is 13.4. The number of alkyl halides is 3. The smallest absolute Gasteiger partial charge is 0.366 e. The van der Waals surface area contributed by atoms with Crippen molar-refractivity contribution in [3.8, 4) is 11.3 Å². The van der Waals surface area contributed by atoms with Crippen LogP contribution in [0.1, 0.15) is 18.1 Å². The van der Waals surface area contributed by atoms with Gasteiger partial charge in [0.1, 0.15) is 22.8 Å². The molecule has 0 atom stereocenters. The molecule has 2 N–H and O–H groups in total. The first-order chi connectivity index (χ1) is 17.1. The van der Waals surface area contributed by atoms with Crippen molar-refractivity contribution in [1.82, 2.24) is 19.9 Å². The molecule has 4 aromatic rings. The zero-order chi connectivity index (χ0) is 25.9. The van der Waals surface area contributed by atoms with E-state index in [-0.39, 0.29) is 36.9 Å². The first kappa shape index (κ1) is 24.8. The normalized spacial score (nSPS) is 11.5. The Morgan fingerprint density at radius 1 is 1.03 bits per heavy atom. The molecule has 186 valence electrons. The quantitative estimate of drug-likeness (QED) is 0.369. The van der Waals surface area contributed by atoms with Crippen molar-refractivity contribution >= 4 is 22.9 Å².